The van der Waals surface area contributed by atoms with Gasteiger partial charge in [0, 0.05) is 41.6 Å². The van der Waals surface area contributed by atoms with Crippen molar-refractivity contribution < 1.29 is 24.3 Å². The second kappa shape index (κ2) is 14.5. The first-order chi connectivity index (χ1) is 20.7. The van der Waals surface area contributed by atoms with Crippen LogP contribution in [0, 0.1) is 0 Å². The number of nitrogens with one attached hydrogen (secondary N) is 3. The molecule has 0 saturated carbocycles. The van der Waals surface area contributed by atoms with Crippen LogP contribution >= 0.6 is 11.8 Å². The molecule has 0 aliphatic carbocycles. The van der Waals surface area contributed by atoms with Crippen LogP contribution in [0.25, 0.3) is 6.08 Å². The van der Waals surface area contributed by atoms with E-state index in [2.05, 4.69) is 16.0 Å². The number of hydrogen-bond acceptors (Lipinski definition) is 6. The summed E-state index contributed by atoms with van der Waals surface area (Å²) in [5.74, 6) is -2.14. The molecule has 218 valence electrons. The van der Waals surface area contributed by atoms with E-state index in [4.69, 9.17) is 5.11 Å². The molecule has 0 saturated heterocycles. The average Bonchev–Trinajstić information content (AvgIpc) is 3.01. The zero-order valence-corrected chi connectivity index (χ0v) is 24.4. The van der Waals surface area contributed by atoms with Crippen LogP contribution in [0.15, 0.2) is 114 Å². The number of aromatic carboxylic acids is 1. The summed E-state index contributed by atoms with van der Waals surface area (Å²) in [6.07, 6.45) is 1.61. The lowest BCUT2D eigenvalue weighted by molar-refractivity contribution is -0.114. The maximum absolute atomic E-state index is 13.4. The topological polar surface area (TPSA) is 128 Å². The summed E-state index contributed by atoms with van der Waals surface area (Å²) in [6.45, 7) is 0. The van der Waals surface area contributed by atoms with Crippen molar-refractivity contribution in [3.63, 3.8) is 0 Å². The highest BCUT2D eigenvalue weighted by atomic mass is 32.2. The average molecular weight is 595 g/mol. The lowest BCUT2D eigenvalue weighted by Gasteiger charge is -2.14. The van der Waals surface area contributed by atoms with Crippen LogP contribution in [0.2, 0.25) is 0 Å². The van der Waals surface area contributed by atoms with Gasteiger partial charge in [-0.25, -0.2) is 4.79 Å². The Labute approximate surface area is 253 Å². The van der Waals surface area contributed by atoms with Crippen LogP contribution in [0.5, 0.6) is 0 Å². The number of hydrogen-bond donors (Lipinski definition) is 4. The van der Waals surface area contributed by atoms with Gasteiger partial charge in [0.05, 0.1) is 11.3 Å². The van der Waals surface area contributed by atoms with E-state index in [1.165, 1.54) is 36.0 Å². The van der Waals surface area contributed by atoms with Crippen LogP contribution in [0.4, 0.5) is 17.1 Å². The van der Waals surface area contributed by atoms with Gasteiger partial charge in [0.1, 0.15) is 5.70 Å². The fraction of sp³-hybridized carbons (Fsp3) is 0.0909. The van der Waals surface area contributed by atoms with Gasteiger partial charge in [0.25, 0.3) is 11.8 Å². The van der Waals surface area contributed by atoms with Crippen LogP contribution in [-0.2, 0) is 9.59 Å². The minimum Gasteiger partial charge on any atom is -0.478 e. The number of anilines is 3. The smallest absolute Gasteiger partial charge is 0.335 e. The number of carbonyl (C=O) groups excluding carboxylic acids is 3. The van der Waals surface area contributed by atoms with Gasteiger partial charge >= 0.3 is 5.97 Å². The molecule has 0 aromatic heterocycles. The van der Waals surface area contributed by atoms with E-state index in [1.54, 1.807) is 54.6 Å². The van der Waals surface area contributed by atoms with Gasteiger partial charge in [-0.2, -0.15) is 0 Å². The summed E-state index contributed by atoms with van der Waals surface area (Å²) in [4.78, 5) is 52.5. The van der Waals surface area contributed by atoms with Crippen LogP contribution in [0.3, 0.4) is 0 Å². The van der Waals surface area contributed by atoms with E-state index >= 15 is 0 Å². The first-order valence-electron chi connectivity index (χ1n) is 13.2. The first-order valence-corrected chi connectivity index (χ1v) is 14.2. The molecule has 0 fully saturated rings. The molecule has 0 aliphatic heterocycles. The Hall–Kier alpha value is -5.35. The summed E-state index contributed by atoms with van der Waals surface area (Å²) in [5.41, 5.74) is 3.32. The van der Waals surface area contributed by atoms with Gasteiger partial charge in [0.15, 0.2) is 0 Å². The number of carboxylic acids is 1. The highest BCUT2D eigenvalue weighted by Crippen LogP contribution is 2.23. The molecule has 0 unspecified atom stereocenters. The predicted octanol–water partition coefficient (Wildman–Crippen LogP) is 5.59. The zero-order chi connectivity index (χ0) is 30.8. The van der Waals surface area contributed by atoms with E-state index in [0.29, 0.717) is 16.9 Å². The normalized spacial score (nSPS) is 10.9. The van der Waals surface area contributed by atoms with Gasteiger partial charge in [-0.3, -0.25) is 14.4 Å². The van der Waals surface area contributed by atoms with Gasteiger partial charge in [-0.05, 0) is 78.4 Å². The largest absolute Gasteiger partial charge is 0.478 e. The van der Waals surface area contributed by atoms with Crippen LogP contribution in [0.1, 0.15) is 26.3 Å². The summed E-state index contributed by atoms with van der Waals surface area (Å²) in [7, 11) is 3.87. The maximum Gasteiger partial charge on any atom is 0.335 e. The number of nitrogens with zero attached hydrogens (tertiary/aromatic N) is 1. The Balaban J connectivity index is 1.44. The van der Waals surface area contributed by atoms with Crippen molar-refractivity contribution in [1.29, 1.82) is 0 Å². The summed E-state index contributed by atoms with van der Waals surface area (Å²) < 4.78 is 0. The van der Waals surface area contributed by atoms with Crippen molar-refractivity contribution in [2.75, 3.05) is 35.4 Å². The molecule has 43 heavy (non-hydrogen) atoms. The standard InChI is InChI=1S/C33H30N4O5S/c1-37(2)27-17-11-22(12-18-27)19-29(36-31(39)23-7-4-3-5-8-23)32(40)35-26-9-6-10-28(20-26)43-21-30(38)34-25-15-13-24(14-16-25)33(41)42/h3-20H,21H2,1-2H3,(H,34,38)(H,35,40)(H,36,39)(H,41,42)/b29-19+. The van der Waals surface area contributed by atoms with Crippen molar-refractivity contribution in [3.8, 4) is 0 Å². The molecule has 0 bridgehead atoms. The molecular weight excluding hydrogens is 564 g/mol. The van der Waals surface area contributed by atoms with Crippen LogP contribution in [-0.4, -0.2) is 48.6 Å². The van der Waals surface area contributed by atoms with E-state index in [-0.39, 0.29) is 22.9 Å². The molecule has 9 nitrogen and oxygen atoms in total. The Morgan fingerprint density at radius 1 is 0.767 bits per heavy atom. The molecule has 0 aliphatic rings. The highest BCUT2D eigenvalue weighted by molar-refractivity contribution is 8.00. The van der Waals surface area contributed by atoms with Crippen molar-refractivity contribution >= 4 is 58.6 Å². The molecule has 3 amide bonds. The predicted molar refractivity (Wildman–Crippen MR) is 170 cm³/mol. The molecule has 4 rings (SSSR count). The quantitative estimate of drug-likeness (QED) is 0.132. The SMILES string of the molecule is CN(C)c1ccc(/C=C(/NC(=O)c2ccccc2)C(=O)Nc2cccc(SCC(=O)Nc3ccc(C(=O)O)cc3)c2)cc1. The fourth-order valence-corrected chi connectivity index (χ4v) is 4.64. The Morgan fingerprint density at radius 3 is 2.12 bits per heavy atom. The number of amides is 3. The minimum absolute atomic E-state index is 0.0674. The fourth-order valence-electron chi connectivity index (χ4n) is 3.88. The zero-order valence-electron chi connectivity index (χ0n) is 23.5. The number of rotatable bonds is 11. The van der Waals surface area contributed by atoms with E-state index < -0.39 is 17.8 Å². The highest BCUT2D eigenvalue weighted by Gasteiger charge is 2.16. The van der Waals surface area contributed by atoms with Gasteiger partial charge in [-0.1, -0.05) is 36.4 Å². The molecule has 0 spiro atoms. The lowest BCUT2D eigenvalue weighted by atomic mass is 10.1. The summed E-state index contributed by atoms with van der Waals surface area (Å²) >= 11 is 1.27. The third kappa shape index (κ3) is 9.07. The summed E-state index contributed by atoms with van der Waals surface area (Å²) in [5, 5.41) is 17.3. The van der Waals surface area contributed by atoms with Crippen molar-refractivity contribution in [2.45, 2.75) is 4.90 Å². The van der Waals surface area contributed by atoms with E-state index in [9.17, 15) is 19.2 Å². The van der Waals surface area contributed by atoms with Crippen LogP contribution < -0.4 is 20.9 Å². The molecule has 0 atom stereocenters. The van der Waals surface area contributed by atoms with Crippen molar-refractivity contribution in [1.82, 2.24) is 5.32 Å². The molecule has 0 radical (unpaired) electrons. The Morgan fingerprint density at radius 2 is 1.47 bits per heavy atom. The number of carbonyl (C=O) groups is 4. The van der Waals surface area contributed by atoms with Gasteiger partial charge in [0.2, 0.25) is 5.91 Å². The molecule has 0 heterocycles. The van der Waals surface area contributed by atoms with E-state index in [1.807, 2.05) is 49.3 Å². The number of benzene rings is 4. The molecular formula is C33H30N4O5S. The van der Waals surface area contributed by atoms with Gasteiger partial charge < -0.3 is 26.0 Å². The number of thioether (sulfide) groups is 1. The molecule has 4 aromatic rings. The molecule has 4 N–H and O–H groups in total. The van der Waals surface area contributed by atoms with Gasteiger partial charge in [-0.15, -0.1) is 11.8 Å². The van der Waals surface area contributed by atoms with E-state index in [0.717, 1.165) is 16.1 Å². The Bertz CT molecular complexity index is 1640. The summed E-state index contributed by atoms with van der Waals surface area (Å²) in [6, 6.07) is 29.1. The first kappa shape index (κ1) is 30.6. The second-order valence-electron chi connectivity index (χ2n) is 9.57. The maximum atomic E-state index is 13.4. The molecule has 10 heteroatoms. The second-order valence-corrected chi connectivity index (χ2v) is 10.6. The third-order valence-electron chi connectivity index (χ3n) is 6.13. The van der Waals surface area contributed by atoms with Crippen molar-refractivity contribution in [2.24, 2.45) is 0 Å². The van der Waals surface area contributed by atoms with Crippen molar-refractivity contribution in [3.05, 3.63) is 126 Å². The third-order valence-corrected chi connectivity index (χ3v) is 7.12. The molecule has 4 aromatic carbocycles. The number of carboxylic acid groups (broad SMARTS) is 1. The Kier molecular flexibility index (Phi) is 10.3. The minimum atomic E-state index is -1.04. The lowest BCUT2D eigenvalue weighted by Crippen LogP contribution is -2.30. The monoisotopic (exact) mass is 594 g/mol.